The number of carbonyl (C=O) groups excluding carboxylic acids is 1. The van der Waals surface area contributed by atoms with Gasteiger partial charge in [0.25, 0.3) is 0 Å². The van der Waals surface area contributed by atoms with Gasteiger partial charge >= 0.3 is 6.09 Å². The summed E-state index contributed by atoms with van der Waals surface area (Å²) in [6.45, 7) is 6.75. The van der Waals surface area contributed by atoms with Crippen LogP contribution >= 0.6 is 0 Å². The fraction of sp³-hybridized carbons (Fsp3) is 0.562. The summed E-state index contributed by atoms with van der Waals surface area (Å²) in [6, 6.07) is 2.86. The summed E-state index contributed by atoms with van der Waals surface area (Å²) in [5.41, 5.74) is -0.356. The van der Waals surface area contributed by atoms with E-state index >= 15 is 0 Å². The number of alkyl carbamates (subject to hydrolysis) is 1. The molecule has 1 aliphatic heterocycles. The van der Waals surface area contributed by atoms with Crippen molar-refractivity contribution in [3.05, 3.63) is 35.4 Å². The third kappa shape index (κ3) is 4.40. The lowest BCUT2D eigenvalue weighted by atomic mass is 9.92. The minimum atomic E-state index is -0.659. The van der Waals surface area contributed by atoms with E-state index in [9.17, 15) is 13.6 Å². The van der Waals surface area contributed by atoms with Crippen LogP contribution in [0, 0.1) is 17.6 Å². The van der Waals surface area contributed by atoms with Gasteiger partial charge in [-0.25, -0.2) is 13.6 Å². The van der Waals surface area contributed by atoms with E-state index in [1.165, 1.54) is 12.1 Å². The maximum Gasteiger partial charge on any atom is 0.408 e. The third-order valence-electron chi connectivity index (χ3n) is 3.54. The quantitative estimate of drug-likeness (QED) is 0.901. The number of nitrogens with one attached hydrogen (secondary N) is 2. The van der Waals surface area contributed by atoms with Gasteiger partial charge in [0.2, 0.25) is 0 Å². The van der Waals surface area contributed by atoms with Gasteiger partial charge in [0, 0.05) is 18.2 Å². The van der Waals surface area contributed by atoms with Gasteiger partial charge in [0.05, 0.1) is 6.04 Å². The molecule has 1 aromatic rings. The summed E-state index contributed by atoms with van der Waals surface area (Å²) in [4.78, 5) is 12.0. The summed E-state index contributed by atoms with van der Waals surface area (Å²) in [5.74, 6) is -1.26. The van der Waals surface area contributed by atoms with Crippen molar-refractivity contribution >= 4 is 6.09 Å². The lowest BCUT2D eigenvalue weighted by Gasteiger charge is -2.27. The molecular weight excluding hydrogens is 290 g/mol. The van der Waals surface area contributed by atoms with Crippen LogP contribution in [0.3, 0.4) is 0 Å². The van der Waals surface area contributed by atoms with Gasteiger partial charge in [-0.15, -0.1) is 0 Å². The van der Waals surface area contributed by atoms with Gasteiger partial charge in [0.15, 0.2) is 0 Å². The number of benzene rings is 1. The van der Waals surface area contributed by atoms with Crippen LogP contribution in [-0.2, 0) is 4.74 Å². The van der Waals surface area contributed by atoms with Crippen molar-refractivity contribution in [2.24, 2.45) is 5.92 Å². The molecule has 0 aliphatic carbocycles. The van der Waals surface area contributed by atoms with Gasteiger partial charge in [0.1, 0.15) is 17.2 Å². The molecule has 1 heterocycles. The average molecular weight is 312 g/mol. The minimum Gasteiger partial charge on any atom is -0.444 e. The number of ether oxygens (including phenoxy) is 1. The Morgan fingerprint density at radius 3 is 2.68 bits per heavy atom. The molecule has 0 saturated carbocycles. The molecule has 4 nitrogen and oxygen atoms in total. The first-order valence-electron chi connectivity index (χ1n) is 7.41. The van der Waals surface area contributed by atoms with Crippen molar-refractivity contribution in [1.82, 2.24) is 10.6 Å². The molecule has 1 aliphatic rings. The lowest BCUT2D eigenvalue weighted by Crippen LogP contribution is -2.38. The first-order chi connectivity index (χ1) is 10.3. The van der Waals surface area contributed by atoms with Crippen molar-refractivity contribution in [3.8, 4) is 0 Å². The molecule has 2 rings (SSSR count). The smallest absolute Gasteiger partial charge is 0.408 e. The van der Waals surface area contributed by atoms with Crippen LogP contribution in [0.15, 0.2) is 18.2 Å². The Morgan fingerprint density at radius 1 is 1.41 bits per heavy atom. The normalized spacial score (nSPS) is 19.8. The predicted octanol–water partition coefficient (Wildman–Crippen LogP) is 3.14. The minimum absolute atomic E-state index is 0.0347. The van der Waals surface area contributed by atoms with Gasteiger partial charge in [-0.05, 0) is 45.7 Å². The van der Waals surface area contributed by atoms with E-state index in [0.29, 0.717) is 6.54 Å². The van der Waals surface area contributed by atoms with Gasteiger partial charge in [-0.2, -0.15) is 0 Å². The second-order valence-corrected chi connectivity index (χ2v) is 6.54. The Kier molecular flexibility index (Phi) is 5.01. The number of hydrogen-bond donors (Lipinski definition) is 2. The maximum atomic E-state index is 14.1. The summed E-state index contributed by atoms with van der Waals surface area (Å²) in [5, 5.41) is 5.91. The maximum absolute atomic E-state index is 14.1. The van der Waals surface area contributed by atoms with Crippen molar-refractivity contribution in [2.45, 2.75) is 38.8 Å². The Labute approximate surface area is 129 Å². The van der Waals surface area contributed by atoms with Crippen molar-refractivity contribution < 1.29 is 18.3 Å². The highest BCUT2D eigenvalue weighted by atomic mass is 19.1. The van der Waals surface area contributed by atoms with E-state index in [1.54, 1.807) is 20.8 Å². The number of rotatable bonds is 3. The first-order valence-corrected chi connectivity index (χ1v) is 7.41. The monoisotopic (exact) mass is 312 g/mol. The van der Waals surface area contributed by atoms with E-state index in [0.717, 1.165) is 19.0 Å². The lowest BCUT2D eigenvalue weighted by molar-refractivity contribution is 0.0486. The third-order valence-corrected chi connectivity index (χ3v) is 3.54. The number of hydrogen-bond acceptors (Lipinski definition) is 3. The average Bonchev–Trinajstić information content (AvgIpc) is 2.88. The molecule has 0 spiro atoms. The Morgan fingerprint density at radius 2 is 2.14 bits per heavy atom. The van der Waals surface area contributed by atoms with Gasteiger partial charge in [-0.3, -0.25) is 0 Å². The van der Waals surface area contributed by atoms with E-state index in [4.69, 9.17) is 4.74 Å². The summed E-state index contributed by atoms with van der Waals surface area (Å²) in [6.07, 6.45) is 0.199. The highest BCUT2D eigenvalue weighted by molar-refractivity contribution is 5.68. The van der Waals surface area contributed by atoms with Gasteiger partial charge in [-0.1, -0.05) is 6.07 Å². The second-order valence-electron chi connectivity index (χ2n) is 6.54. The Bertz CT molecular complexity index is 537. The van der Waals surface area contributed by atoms with Crippen LogP contribution < -0.4 is 10.6 Å². The molecule has 0 radical (unpaired) electrons. The summed E-state index contributed by atoms with van der Waals surface area (Å²) in [7, 11) is 0. The van der Waals surface area contributed by atoms with E-state index in [2.05, 4.69) is 10.6 Å². The number of amides is 1. The highest BCUT2D eigenvalue weighted by Gasteiger charge is 2.31. The van der Waals surface area contributed by atoms with Crippen molar-refractivity contribution in [3.63, 3.8) is 0 Å². The zero-order valence-corrected chi connectivity index (χ0v) is 13.1. The number of halogens is 2. The largest absolute Gasteiger partial charge is 0.444 e. The fourth-order valence-electron chi connectivity index (χ4n) is 2.60. The van der Waals surface area contributed by atoms with Crippen LogP contribution in [0.5, 0.6) is 0 Å². The van der Waals surface area contributed by atoms with Crippen molar-refractivity contribution in [2.75, 3.05) is 13.1 Å². The summed E-state index contributed by atoms with van der Waals surface area (Å²) >= 11 is 0. The molecule has 0 aromatic heterocycles. The zero-order chi connectivity index (χ0) is 16.3. The van der Waals surface area contributed by atoms with Crippen LogP contribution in [0.25, 0.3) is 0 Å². The molecule has 1 saturated heterocycles. The van der Waals surface area contributed by atoms with Crippen LogP contribution in [0.2, 0.25) is 0 Å². The molecule has 1 fully saturated rings. The predicted molar refractivity (Wildman–Crippen MR) is 79.4 cm³/mol. The van der Waals surface area contributed by atoms with E-state index in [-0.39, 0.29) is 11.5 Å². The number of carbonyl (C=O) groups is 1. The first kappa shape index (κ1) is 16.7. The second kappa shape index (κ2) is 6.60. The van der Waals surface area contributed by atoms with Crippen LogP contribution in [-0.4, -0.2) is 24.8 Å². The molecule has 6 heteroatoms. The van der Waals surface area contributed by atoms with Crippen LogP contribution in [0.1, 0.15) is 38.8 Å². The summed E-state index contributed by atoms with van der Waals surface area (Å²) < 4.78 is 32.4. The molecule has 1 aromatic carbocycles. The molecule has 1 amide bonds. The Hall–Kier alpha value is -1.69. The molecular formula is C16H22F2N2O2. The topological polar surface area (TPSA) is 50.4 Å². The van der Waals surface area contributed by atoms with Crippen LogP contribution in [0.4, 0.5) is 13.6 Å². The molecule has 22 heavy (non-hydrogen) atoms. The van der Waals surface area contributed by atoms with Gasteiger partial charge < -0.3 is 15.4 Å². The fourth-order valence-corrected chi connectivity index (χ4v) is 2.60. The molecule has 2 N–H and O–H groups in total. The van der Waals surface area contributed by atoms with Crippen molar-refractivity contribution in [1.29, 1.82) is 0 Å². The molecule has 0 bridgehead atoms. The zero-order valence-electron chi connectivity index (χ0n) is 13.1. The highest BCUT2D eigenvalue weighted by Crippen LogP contribution is 2.29. The SMILES string of the molecule is CC(C)(C)OC(=O)NC(c1ccc(F)cc1F)[C@@H]1CCNC1. The molecule has 1 unspecified atom stereocenters. The van der Waals surface area contributed by atoms with E-state index in [1.807, 2.05) is 0 Å². The standard InChI is InChI=1S/C16H22F2N2O2/c1-16(2,3)22-15(21)20-14(10-6-7-19-9-10)12-5-4-11(17)8-13(12)18/h4-5,8,10,14,19H,6-7,9H2,1-3H3,(H,20,21)/t10-,14?/m1/s1. The molecule has 122 valence electrons. The van der Waals surface area contributed by atoms with E-state index < -0.39 is 29.4 Å². The molecule has 2 atom stereocenters. The Balaban J connectivity index is 2.21.